The summed E-state index contributed by atoms with van der Waals surface area (Å²) in [6.45, 7) is 8.01. The predicted molar refractivity (Wildman–Crippen MR) is 83.9 cm³/mol. The van der Waals surface area contributed by atoms with Gasteiger partial charge in [0, 0.05) is 11.1 Å². The summed E-state index contributed by atoms with van der Waals surface area (Å²) in [5, 5.41) is 4.68. The molecule has 1 nitrogen and oxygen atoms in total. The van der Waals surface area contributed by atoms with E-state index in [4.69, 9.17) is 11.6 Å². The van der Waals surface area contributed by atoms with Crippen LogP contribution in [-0.4, -0.2) is 12.6 Å². The molecule has 2 atom stereocenters. The lowest BCUT2D eigenvalue weighted by Gasteiger charge is -2.57. The van der Waals surface area contributed by atoms with E-state index in [-0.39, 0.29) is 0 Å². The van der Waals surface area contributed by atoms with E-state index in [1.807, 2.05) is 12.1 Å². The molecule has 0 aromatic heterocycles. The fourth-order valence-electron chi connectivity index (χ4n) is 3.82. The van der Waals surface area contributed by atoms with Gasteiger partial charge in [-0.25, -0.2) is 0 Å². The fraction of sp³-hybridized carbons (Fsp3) is 0.647. The summed E-state index contributed by atoms with van der Waals surface area (Å²) >= 11 is 6.40. The highest BCUT2D eigenvalue weighted by molar-refractivity contribution is 6.31. The summed E-state index contributed by atoms with van der Waals surface area (Å²) in [6.07, 6.45) is 4.88. The van der Waals surface area contributed by atoms with Crippen LogP contribution in [0.3, 0.4) is 0 Å². The van der Waals surface area contributed by atoms with Gasteiger partial charge in [-0.05, 0) is 55.2 Å². The maximum absolute atomic E-state index is 6.40. The van der Waals surface area contributed by atoms with E-state index in [0.717, 1.165) is 11.6 Å². The number of nitrogens with one attached hydrogen (secondary N) is 1. The van der Waals surface area contributed by atoms with Gasteiger partial charge < -0.3 is 5.32 Å². The SMILES string of the molecule is CCCNC1CC(c2ccccc2Cl)C1(CC)CC. The van der Waals surface area contributed by atoms with E-state index in [1.54, 1.807) is 0 Å². The number of hydrogen-bond donors (Lipinski definition) is 1. The monoisotopic (exact) mass is 279 g/mol. The fourth-order valence-corrected chi connectivity index (χ4v) is 4.09. The molecular formula is C17H26ClN. The molecule has 19 heavy (non-hydrogen) atoms. The molecule has 0 saturated heterocycles. The zero-order valence-corrected chi connectivity index (χ0v) is 13.1. The van der Waals surface area contributed by atoms with E-state index >= 15 is 0 Å². The normalized spacial score (nSPS) is 25.1. The van der Waals surface area contributed by atoms with Gasteiger partial charge in [-0.3, -0.25) is 0 Å². The van der Waals surface area contributed by atoms with Crippen LogP contribution in [-0.2, 0) is 0 Å². The molecule has 0 heterocycles. The minimum atomic E-state index is 0.389. The Balaban J connectivity index is 2.21. The van der Waals surface area contributed by atoms with Gasteiger partial charge in [-0.1, -0.05) is 50.6 Å². The van der Waals surface area contributed by atoms with Gasteiger partial charge in [0.25, 0.3) is 0 Å². The zero-order chi connectivity index (χ0) is 13.9. The minimum Gasteiger partial charge on any atom is -0.313 e. The third kappa shape index (κ3) is 2.55. The standard InChI is InChI=1S/C17H26ClN/c1-4-11-19-16-12-14(17(16,5-2)6-3)13-9-7-8-10-15(13)18/h7-10,14,16,19H,4-6,11-12H2,1-3H3. The summed E-state index contributed by atoms with van der Waals surface area (Å²) in [5.41, 5.74) is 1.74. The van der Waals surface area contributed by atoms with Gasteiger partial charge in [0.1, 0.15) is 0 Å². The van der Waals surface area contributed by atoms with Crippen molar-refractivity contribution in [2.45, 2.75) is 58.4 Å². The molecule has 2 unspecified atom stereocenters. The van der Waals surface area contributed by atoms with Crippen LogP contribution >= 0.6 is 11.6 Å². The van der Waals surface area contributed by atoms with Crippen LogP contribution in [0.4, 0.5) is 0 Å². The van der Waals surface area contributed by atoms with Crippen LogP contribution in [0.5, 0.6) is 0 Å². The first-order valence-corrected chi connectivity index (χ1v) is 8.05. The number of benzene rings is 1. The average Bonchev–Trinajstić information content (AvgIpc) is 2.41. The lowest BCUT2D eigenvalue weighted by Crippen LogP contribution is -2.58. The Morgan fingerprint density at radius 1 is 1.21 bits per heavy atom. The Hall–Kier alpha value is -0.530. The Bertz CT molecular complexity index is 411. The molecule has 1 aromatic carbocycles. The zero-order valence-electron chi connectivity index (χ0n) is 12.4. The molecule has 106 valence electrons. The molecule has 0 radical (unpaired) electrons. The molecule has 1 N–H and O–H groups in total. The first-order valence-electron chi connectivity index (χ1n) is 7.67. The Morgan fingerprint density at radius 3 is 2.47 bits per heavy atom. The van der Waals surface area contributed by atoms with Gasteiger partial charge >= 0.3 is 0 Å². The smallest absolute Gasteiger partial charge is 0.0441 e. The molecule has 2 rings (SSSR count). The van der Waals surface area contributed by atoms with Crippen molar-refractivity contribution in [2.24, 2.45) is 5.41 Å². The van der Waals surface area contributed by atoms with Crippen LogP contribution in [0.25, 0.3) is 0 Å². The Morgan fingerprint density at radius 2 is 1.89 bits per heavy atom. The maximum atomic E-state index is 6.40. The van der Waals surface area contributed by atoms with Crippen molar-refractivity contribution in [1.29, 1.82) is 0 Å². The highest BCUT2D eigenvalue weighted by Gasteiger charge is 2.52. The first-order chi connectivity index (χ1) is 9.19. The van der Waals surface area contributed by atoms with Crippen LogP contribution in [0.2, 0.25) is 5.02 Å². The molecule has 1 aliphatic rings. The maximum Gasteiger partial charge on any atom is 0.0441 e. The number of halogens is 1. The van der Waals surface area contributed by atoms with Gasteiger partial charge in [-0.2, -0.15) is 0 Å². The van der Waals surface area contributed by atoms with Crippen molar-refractivity contribution in [2.75, 3.05) is 6.54 Å². The van der Waals surface area contributed by atoms with Crippen molar-refractivity contribution in [3.8, 4) is 0 Å². The Labute approximate surface area is 122 Å². The van der Waals surface area contributed by atoms with Gasteiger partial charge in [0.2, 0.25) is 0 Å². The van der Waals surface area contributed by atoms with Crippen LogP contribution in [0, 0.1) is 5.41 Å². The predicted octanol–water partition coefficient (Wildman–Crippen LogP) is 5.00. The quantitative estimate of drug-likeness (QED) is 0.772. The first kappa shape index (κ1) is 14.9. The van der Waals surface area contributed by atoms with E-state index in [0.29, 0.717) is 17.4 Å². The van der Waals surface area contributed by atoms with E-state index in [1.165, 1.54) is 31.2 Å². The summed E-state index contributed by atoms with van der Waals surface area (Å²) < 4.78 is 0. The summed E-state index contributed by atoms with van der Waals surface area (Å²) in [4.78, 5) is 0. The van der Waals surface area contributed by atoms with Crippen LogP contribution in [0.15, 0.2) is 24.3 Å². The van der Waals surface area contributed by atoms with Crippen molar-refractivity contribution in [3.63, 3.8) is 0 Å². The molecular weight excluding hydrogens is 254 g/mol. The third-order valence-electron chi connectivity index (χ3n) is 5.10. The van der Waals surface area contributed by atoms with Crippen LogP contribution in [0.1, 0.15) is 57.9 Å². The molecule has 1 saturated carbocycles. The molecule has 1 aliphatic carbocycles. The third-order valence-corrected chi connectivity index (χ3v) is 5.44. The molecule has 1 fully saturated rings. The molecule has 0 amide bonds. The van der Waals surface area contributed by atoms with Gasteiger partial charge in [0.15, 0.2) is 0 Å². The second-order valence-corrected chi connectivity index (χ2v) is 6.16. The highest BCUT2D eigenvalue weighted by atomic mass is 35.5. The second-order valence-electron chi connectivity index (χ2n) is 5.76. The van der Waals surface area contributed by atoms with Crippen molar-refractivity contribution >= 4 is 11.6 Å². The topological polar surface area (TPSA) is 12.0 Å². The van der Waals surface area contributed by atoms with Crippen molar-refractivity contribution in [3.05, 3.63) is 34.9 Å². The average molecular weight is 280 g/mol. The number of rotatable bonds is 6. The van der Waals surface area contributed by atoms with E-state index in [2.05, 4.69) is 38.2 Å². The van der Waals surface area contributed by atoms with Gasteiger partial charge in [0.05, 0.1) is 0 Å². The second kappa shape index (κ2) is 6.28. The molecule has 0 spiro atoms. The summed E-state index contributed by atoms with van der Waals surface area (Å²) in [7, 11) is 0. The molecule has 2 heteroatoms. The summed E-state index contributed by atoms with van der Waals surface area (Å²) in [6, 6.07) is 9.04. The lowest BCUT2D eigenvalue weighted by atomic mass is 9.51. The van der Waals surface area contributed by atoms with Gasteiger partial charge in [-0.15, -0.1) is 0 Å². The minimum absolute atomic E-state index is 0.389. The van der Waals surface area contributed by atoms with Crippen molar-refractivity contribution < 1.29 is 0 Å². The van der Waals surface area contributed by atoms with E-state index in [9.17, 15) is 0 Å². The lowest BCUT2D eigenvalue weighted by molar-refractivity contribution is 0.0202. The number of hydrogen-bond acceptors (Lipinski definition) is 1. The molecule has 0 aliphatic heterocycles. The van der Waals surface area contributed by atoms with Crippen molar-refractivity contribution in [1.82, 2.24) is 5.32 Å². The largest absolute Gasteiger partial charge is 0.313 e. The highest BCUT2D eigenvalue weighted by Crippen LogP contribution is 2.58. The molecule has 1 aromatic rings. The van der Waals surface area contributed by atoms with Crippen LogP contribution < -0.4 is 5.32 Å². The summed E-state index contributed by atoms with van der Waals surface area (Å²) in [5.74, 6) is 0.616. The van der Waals surface area contributed by atoms with E-state index < -0.39 is 0 Å². The Kier molecular flexibility index (Phi) is 4.92. The molecule has 0 bridgehead atoms.